The summed E-state index contributed by atoms with van der Waals surface area (Å²) in [6, 6.07) is 9.40. The monoisotopic (exact) mass is 378 g/mol. The first-order chi connectivity index (χ1) is 13.8. The lowest BCUT2D eigenvalue weighted by molar-refractivity contribution is 0.0533. The summed E-state index contributed by atoms with van der Waals surface area (Å²) in [7, 11) is 1.55. The van der Waals surface area contributed by atoms with Gasteiger partial charge in [-0.05, 0) is 29.8 Å². The van der Waals surface area contributed by atoms with Crippen LogP contribution in [0.3, 0.4) is 0 Å². The smallest absolute Gasteiger partial charge is 0.342 e. The minimum Gasteiger partial charge on any atom is -0.495 e. The van der Waals surface area contributed by atoms with Crippen LogP contribution in [0.2, 0.25) is 0 Å². The fraction of sp³-hybridized carbons (Fsp3) is 0.190. The maximum Gasteiger partial charge on any atom is 0.342 e. The van der Waals surface area contributed by atoms with Crippen LogP contribution in [0.25, 0.3) is 21.9 Å². The molecule has 0 saturated heterocycles. The van der Waals surface area contributed by atoms with Crippen molar-refractivity contribution >= 4 is 16.7 Å². The lowest BCUT2D eigenvalue weighted by atomic mass is 9.89. The molecule has 0 spiro atoms. The molecule has 0 bridgehead atoms. The molecule has 28 heavy (non-hydrogen) atoms. The van der Waals surface area contributed by atoms with Crippen molar-refractivity contribution in [3.63, 3.8) is 0 Å². The molecule has 7 heteroatoms. The first-order valence-electron chi connectivity index (χ1n) is 8.78. The molecule has 6 rings (SSSR count). The zero-order chi connectivity index (χ0) is 18.8. The number of rotatable bonds is 2. The average Bonchev–Trinajstić information content (AvgIpc) is 3.45. The Bertz CT molecular complexity index is 1180. The SMILES string of the molecule is COc1c2c(c(-c3ccc4c(c3)OCO4)c3c4c(ccc13)OCO4)COC2=O. The molecule has 3 aliphatic heterocycles. The van der Waals surface area contributed by atoms with E-state index in [0.717, 1.165) is 27.5 Å². The van der Waals surface area contributed by atoms with E-state index in [1.807, 2.05) is 30.3 Å². The third-order valence-corrected chi connectivity index (χ3v) is 5.28. The van der Waals surface area contributed by atoms with Gasteiger partial charge in [-0.25, -0.2) is 4.79 Å². The van der Waals surface area contributed by atoms with E-state index in [9.17, 15) is 4.79 Å². The number of hydrogen-bond donors (Lipinski definition) is 0. The highest BCUT2D eigenvalue weighted by Crippen LogP contribution is 2.52. The highest BCUT2D eigenvalue weighted by Gasteiger charge is 2.35. The Balaban J connectivity index is 1.77. The van der Waals surface area contributed by atoms with Crippen LogP contribution in [0.15, 0.2) is 30.3 Å². The molecule has 0 unspecified atom stereocenters. The van der Waals surface area contributed by atoms with Crippen LogP contribution < -0.4 is 23.7 Å². The zero-order valence-electron chi connectivity index (χ0n) is 14.9. The predicted octanol–water partition coefficient (Wildman–Crippen LogP) is 3.64. The molecule has 0 aliphatic carbocycles. The first kappa shape index (κ1) is 15.4. The third kappa shape index (κ3) is 1.90. The second-order valence-electron chi connectivity index (χ2n) is 6.63. The van der Waals surface area contributed by atoms with Gasteiger partial charge in [-0.3, -0.25) is 0 Å². The maximum atomic E-state index is 12.5. The Morgan fingerprint density at radius 2 is 1.64 bits per heavy atom. The third-order valence-electron chi connectivity index (χ3n) is 5.28. The largest absolute Gasteiger partial charge is 0.495 e. The topological polar surface area (TPSA) is 72.5 Å². The van der Waals surface area contributed by atoms with Crippen LogP contribution >= 0.6 is 0 Å². The van der Waals surface area contributed by atoms with Crippen LogP contribution in [-0.2, 0) is 11.3 Å². The molecule has 3 aromatic rings. The van der Waals surface area contributed by atoms with Crippen molar-refractivity contribution < 1.29 is 33.2 Å². The number of carbonyl (C=O) groups excluding carboxylic acids is 1. The van der Waals surface area contributed by atoms with Crippen molar-refractivity contribution in [3.05, 3.63) is 41.5 Å². The molecule has 7 nitrogen and oxygen atoms in total. The number of carbonyl (C=O) groups is 1. The number of ether oxygens (including phenoxy) is 6. The van der Waals surface area contributed by atoms with Crippen molar-refractivity contribution in [2.45, 2.75) is 6.61 Å². The molecule has 0 fully saturated rings. The van der Waals surface area contributed by atoms with Crippen LogP contribution in [0.1, 0.15) is 15.9 Å². The van der Waals surface area contributed by atoms with Gasteiger partial charge in [-0.15, -0.1) is 0 Å². The van der Waals surface area contributed by atoms with E-state index in [1.54, 1.807) is 7.11 Å². The fourth-order valence-corrected chi connectivity index (χ4v) is 4.11. The van der Waals surface area contributed by atoms with Crippen molar-refractivity contribution in [1.29, 1.82) is 0 Å². The number of esters is 1. The summed E-state index contributed by atoms with van der Waals surface area (Å²) in [4.78, 5) is 12.5. The van der Waals surface area contributed by atoms with Gasteiger partial charge < -0.3 is 28.4 Å². The lowest BCUT2D eigenvalue weighted by Crippen LogP contribution is -2.02. The molecule has 3 heterocycles. The minimum atomic E-state index is -0.395. The first-order valence-corrected chi connectivity index (χ1v) is 8.78. The van der Waals surface area contributed by atoms with E-state index < -0.39 is 5.97 Å². The van der Waals surface area contributed by atoms with E-state index >= 15 is 0 Å². The van der Waals surface area contributed by atoms with Gasteiger partial charge in [-0.1, -0.05) is 6.07 Å². The van der Waals surface area contributed by atoms with Crippen LogP contribution in [0.5, 0.6) is 28.7 Å². The Morgan fingerprint density at radius 1 is 0.857 bits per heavy atom. The average molecular weight is 378 g/mol. The highest BCUT2D eigenvalue weighted by atomic mass is 16.7. The van der Waals surface area contributed by atoms with Gasteiger partial charge in [0.15, 0.2) is 23.0 Å². The number of cyclic esters (lactones) is 1. The minimum absolute atomic E-state index is 0.143. The highest BCUT2D eigenvalue weighted by molar-refractivity contribution is 6.14. The van der Waals surface area contributed by atoms with Crippen LogP contribution in [0.4, 0.5) is 0 Å². The Hall–Kier alpha value is -3.61. The van der Waals surface area contributed by atoms with Gasteiger partial charge in [-0.2, -0.15) is 0 Å². The molecule has 0 aromatic heterocycles. The second-order valence-corrected chi connectivity index (χ2v) is 6.63. The maximum absolute atomic E-state index is 12.5. The van der Waals surface area contributed by atoms with Gasteiger partial charge >= 0.3 is 5.97 Å². The van der Waals surface area contributed by atoms with E-state index in [-0.39, 0.29) is 20.2 Å². The molecule has 3 aliphatic rings. The molecule has 3 aromatic carbocycles. The predicted molar refractivity (Wildman–Crippen MR) is 97.3 cm³/mol. The molecular formula is C21H14O7. The van der Waals surface area contributed by atoms with E-state index in [4.69, 9.17) is 28.4 Å². The van der Waals surface area contributed by atoms with Gasteiger partial charge in [0.05, 0.1) is 7.11 Å². The van der Waals surface area contributed by atoms with Gasteiger partial charge in [0.1, 0.15) is 17.9 Å². The molecule has 0 radical (unpaired) electrons. The Labute approximate surface area is 159 Å². The zero-order valence-corrected chi connectivity index (χ0v) is 14.9. The quantitative estimate of drug-likeness (QED) is 0.631. The van der Waals surface area contributed by atoms with E-state index in [1.165, 1.54) is 0 Å². The Morgan fingerprint density at radius 3 is 2.54 bits per heavy atom. The van der Waals surface area contributed by atoms with E-state index in [0.29, 0.717) is 34.3 Å². The van der Waals surface area contributed by atoms with Crippen molar-refractivity contribution in [1.82, 2.24) is 0 Å². The molecule has 0 amide bonds. The Kier molecular flexibility index (Phi) is 3.01. The molecular weight excluding hydrogens is 364 g/mol. The normalized spacial score (nSPS) is 15.7. The molecule has 140 valence electrons. The standard InChI is InChI=1S/C21H14O7/c1-23-19-11-3-5-14-20(28-9-26-14)17(11)16(12-7-24-21(22)18(12)19)10-2-4-13-15(6-10)27-8-25-13/h2-6H,7-9H2,1H3. The molecule has 0 N–H and O–H groups in total. The number of benzene rings is 3. The van der Waals surface area contributed by atoms with Gasteiger partial charge in [0.2, 0.25) is 13.6 Å². The number of fused-ring (bicyclic) bond motifs is 5. The van der Waals surface area contributed by atoms with E-state index in [2.05, 4.69) is 0 Å². The lowest BCUT2D eigenvalue weighted by Gasteiger charge is -2.17. The summed E-state index contributed by atoms with van der Waals surface area (Å²) >= 11 is 0. The van der Waals surface area contributed by atoms with Crippen molar-refractivity contribution in [2.75, 3.05) is 20.7 Å². The summed E-state index contributed by atoms with van der Waals surface area (Å²) in [5.41, 5.74) is 2.92. The summed E-state index contributed by atoms with van der Waals surface area (Å²) < 4.78 is 33.3. The summed E-state index contributed by atoms with van der Waals surface area (Å²) in [6.45, 7) is 0.493. The van der Waals surface area contributed by atoms with Crippen molar-refractivity contribution in [3.8, 4) is 39.9 Å². The summed E-state index contributed by atoms with van der Waals surface area (Å²) in [5, 5.41) is 1.58. The summed E-state index contributed by atoms with van der Waals surface area (Å²) in [6.07, 6.45) is 0. The number of methoxy groups -OCH3 is 1. The van der Waals surface area contributed by atoms with Crippen LogP contribution in [0, 0.1) is 0 Å². The summed E-state index contributed by atoms with van der Waals surface area (Å²) in [5.74, 6) is 2.72. The van der Waals surface area contributed by atoms with Gasteiger partial charge in [0.25, 0.3) is 0 Å². The van der Waals surface area contributed by atoms with Crippen molar-refractivity contribution in [2.24, 2.45) is 0 Å². The van der Waals surface area contributed by atoms with Crippen LogP contribution in [-0.4, -0.2) is 26.7 Å². The fourth-order valence-electron chi connectivity index (χ4n) is 4.11. The molecule has 0 atom stereocenters. The van der Waals surface area contributed by atoms with Gasteiger partial charge in [0, 0.05) is 21.9 Å². The second kappa shape index (κ2) is 5.45. The number of hydrogen-bond acceptors (Lipinski definition) is 7. The molecule has 0 saturated carbocycles.